The van der Waals surface area contributed by atoms with Crippen LogP contribution in [0.15, 0.2) is 182 Å². The van der Waals surface area contributed by atoms with Gasteiger partial charge in [0.05, 0.1) is 6.57 Å². The minimum absolute atomic E-state index is 0.174. The first-order chi connectivity index (χ1) is 28.0. The van der Waals surface area contributed by atoms with E-state index >= 15 is 0 Å². The van der Waals surface area contributed by atoms with Gasteiger partial charge in [-0.3, -0.25) is 0 Å². The second-order valence-corrected chi connectivity index (χ2v) is 15.1. The summed E-state index contributed by atoms with van der Waals surface area (Å²) < 4.78 is 0. The molecule has 10 rings (SSSR count). The molecule has 4 nitrogen and oxygen atoms in total. The lowest BCUT2D eigenvalue weighted by Gasteiger charge is -2.22. The molecule has 0 spiro atoms. The molecule has 1 heterocycles. The van der Waals surface area contributed by atoms with Crippen LogP contribution in [0.25, 0.3) is 94.3 Å². The Kier molecular flexibility index (Phi) is 8.17. The SMILES string of the molecule is [C-]#[N+]c1ccc2c(c1)C(C)(C)c1cccc(-c3ccc(-c4ccc(-c5ccc(-c6nc(-c7ccccc7)nc(-c7ccccc7)n6)cc5)c5ccccc45)cc3)c1-2. The van der Waals surface area contributed by atoms with Crippen molar-refractivity contribution in [2.24, 2.45) is 0 Å². The molecule has 4 heteroatoms. The molecule has 9 aromatic rings. The summed E-state index contributed by atoms with van der Waals surface area (Å²) in [4.78, 5) is 18.4. The minimum Gasteiger partial charge on any atom is -0.238 e. The van der Waals surface area contributed by atoms with Gasteiger partial charge >= 0.3 is 0 Å². The highest BCUT2D eigenvalue weighted by Gasteiger charge is 2.36. The molecule has 1 aliphatic rings. The smallest absolute Gasteiger partial charge is 0.187 e. The Morgan fingerprint density at radius 3 is 1.33 bits per heavy atom. The number of fused-ring (bicyclic) bond motifs is 4. The normalized spacial score (nSPS) is 12.5. The van der Waals surface area contributed by atoms with Crippen LogP contribution in [-0.2, 0) is 5.41 Å². The number of hydrogen-bond donors (Lipinski definition) is 0. The van der Waals surface area contributed by atoms with Crippen molar-refractivity contribution >= 4 is 16.5 Å². The van der Waals surface area contributed by atoms with E-state index in [0.717, 1.165) is 22.3 Å². The van der Waals surface area contributed by atoms with E-state index in [4.69, 9.17) is 21.5 Å². The number of nitrogens with zero attached hydrogens (tertiary/aromatic N) is 4. The van der Waals surface area contributed by atoms with Crippen LogP contribution in [0.3, 0.4) is 0 Å². The molecule has 0 fully saturated rings. The zero-order valence-electron chi connectivity index (χ0n) is 31.6. The van der Waals surface area contributed by atoms with E-state index in [1.165, 1.54) is 60.8 Å². The van der Waals surface area contributed by atoms with Gasteiger partial charge in [0.2, 0.25) is 0 Å². The lowest BCUT2D eigenvalue weighted by Crippen LogP contribution is -2.14. The van der Waals surface area contributed by atoms with Crippen LogP contribution < -0.4 is 0 Å². The fourth-order valence-electron chi connectivity index (χ4n) is 8.45. The third-order valence-electron chi connectivity index (χ3n) is 11.4. The predicted molar refractivity (Wildman–Crippen MR) is 234 cm³/mol. The first kappa shape index (κ1) is 34.0. The van der Waals surface area contributed by atoms with Crippen molar-refractivity contribution in [2.45, 2.75) is 19.3 Å². The Hall–Kier alpha value is -7.48. The zero-order valence-corrected chi connectivity index (χ0v) is 31.6. The van der Waals surface area contributed by atoms with E-state index in [-0.39, 0.29) is 5.41 Å². The largest absolute Gasteiger partial charge is 0.238 e. The quantitative estimate of drug-likeness (QED) is 0.160. The number of benzene rings is 8. The summed E-state index contributed by atoms with van der Waals surface area (Å²) in [5, 5.41) is 2.40. The molecule has 0 atom stereocenters. The zero-order chi connectivity index (χ0) is 38.5. The fourth-order valence-corrected chi connectivity index (χ4v) is 8.45. The Morgan fingerprint density at radius 1 is 0.386 bits per heavy atom. The highest BCUT2D eigenvalue weighted by atomic mass is 15.0. The molecule has 57 heavy (non-hydrogen) atoms. The molecule has 1 aliphatic carbocycles. The molecule has 268 valence electrons. The van der Waals surface area contributed by atoms with Crippen molar-refractivity contribution < 1.29 is 0 Å². The molecule has 0 amide bonds. The Balaban J connectivity index is 0.990. The van der Waals surface area contributed by atoms with Gasteiger partial charge in [-0.05, 0) is 66.4 Å². The molecule has 0 N–H and O–H groups in total. The van der Waals surface area contributed by atoms with Crippen LogP contribution >= 0.6 is 0 Å². The molecule has 8 aromatic carbocycles. The Morgan fingerprint density at radius 2 is 0.825 bits per heavy atom. The van der Waals surface area contributed by atoms with Gasteiger partial charge in [0, 0.05) is 22.1 Å². The van der Waals surface area contributed by atoms with E-state index in [0.29, 0.717) is 23.2 Å². The van der Waals surface area contributed by atoms with Gasteiger partial charge < -0.3 is 0 Å². The van der Waals surface area contributed by atoms with Crippen molar-refractivity contribution in [3.63, 3.8) is 0 Å². The van der Waals surface area contributed by atoms with Crippen LogP contribution in [0.2, 0.25) is 0 Å². The molecule has 0 saturated heterocycles. The Labute approximate surface area is 332 Å². The maximum Gasteiger partial charge on any atom is 0.187 e. The van der Waals surface area contributed by atoms with Crippen LogP contribution in [0.4, 0.5) is 5.69 Å². The lowest BCUT2D eigenvalue weighted by molar-refractivity contribution is 0.661. The highest BCUT2D eigenvalue weighted by Crippen LogP contribution is 2.53. The maximum atomic E-state index is 7.58. The highest BCUT2D eigenvalue weighted by molar-refractivity contribution is 6.05. The lowest BCUT2D eigenvalue weighted by atomic mass is 9.82. The summed E-state index contributed by atoms with van der Waals surface area (Å²) in [6.45, 7) is 12.1. The molecular weight excluding hydrogens is 693 g/mol. The van der Waals surface area contributed by atoms with Crippen molar-refractivity contribution in [1.29, 1.82) is 0 Å². The van der Waals surface area contributed by atoms with Gasteiger partial charge in [0.1, 0.15) is 0 Å². The summed E-state index contributed by atoms with van der Waals surface area (Å²) in [6.07, 6.45) is 0. The fraction of sp³-hybridized carbons (Fsp3) is 0.0566. The van der Waals surface area contributed by atoms with Gasteiger partial charge in [-0.25, -0.2) is 19.8 Å². The van der Waals surface area contributed by atoms with E-state index in [1.807, 2.05) is 66.7 Å². The van der Waals surface area contributed by atoms with Crippen LogP contribution in [0.5, 0.6) is 0 Å². The molecule has 0 radical (unpaired) electrons. The van der Waals surface area contributed by atoms with Crippen LogP contribution in [0, 0.1) is 6.57 Å². The number of hydrogen-bond acceptors (Lipinski definition) is 3. The van der Waals surface area contributed by atoms with E-state index in [1.54, 1.807) is 0 Å². The van der Waals surface area contributed by atoms with E-state index < -0.39 is 0 Å². The van der Waals surface area contributed by atoms with E-state index in [9.17, 15) is 0 Å². The maximum absolute atomic E-state index is 7.58. The minimum atomic E-state index is -0.174. The van der Waals surface area contributed by atoms with Gasteiger partial charge in [-0.1, -0.05) is 196 Å². The summed E-state index contributed by atoms with van der Waals surface area (Å²) in [5.41, 5.74) is 15.4. The second-order valence-electron chi connectivity index (χ2n) is 15.1. The summed E-state index contributed by atoms with van der Waals surface area (Å²) in [6, 6.07) is 63.6. The second kappa shape index (κ2) is 13.7. The topological polar surface area (TPSA) is 43.0 Å². The van der Waals surface area contributed by atoms with E-state index in [2.05, 4.69) is 134 Å². The number of rotatable bonds is 6. The summed E-state index contributed by atoms with van der Waals surface area (Å²) in [5.74, 6) is 1.94. The van der Waals surface area contributed by atoms with Gasteiger partial charge in [0.25, 0.3) is 0 Å². The summed E-state index contributed by atoms with van der Waals surface area (Å²) >= 11 is 0. The third-order valence-corrected chi connectivity index (χ3v) is 11.4. The summed E-state index contributed by atoms with van der Waals surface area (Å²) in [7, 11) is 0. The number of aromatic nitrogens is 3. The van der Waals surface area contributed by atoms with Crippen molar-refractivity contribution in [3.05, 3.63) is 205 Å². The molecule has 0 bridgehead atoms. The van der Waals surface area contributed by atoms with Crippen LogP contribution in [-0.4, -0.2) is 15.0 Å². The third kappa shape index (κ3) is 5.89. The van der Waals surface area contributed by atoms with Crippen molar-refractivity contribution in [3.8, 4) is 78.7 Å². The van der Waals surface area contributed by atoms with Crippen molar-refractivity contribution in [2.75, 3.05) is 0 Å². The standard InChI is InChI=1S/C53H36N4/c1-53(2)47-20-12-19-43(49(47)46-30-29-40(54-3)33-48(46)53)36-23-21-34(22-24-36)41-31-32-42(45-18-11-10-17-44(41)45)35-25-27-39(28-26-35)52-56-50(37-13-6-4-7-14-37)55-51(57-52)38-15-8-5-9-16-38/h4-33H,1-2H3. The van der Waals surface area contributed by atoms with Crippen molar-refractivity contribution in [1.82, 2.24) is 15.0 Å². The van der Waals surface area contributed by atoms with Crippen LogP contribution in [0.1, 0.15) is 25.0 Å². The average molecular weight is 729 g/mol. The molecule has 0 aliphatic heterocycles. The van der Waals surface area contributed by atoms with Gasteiger partial charge in [-0.15, -0.1) is 0 Å². The average Bonchev–Trinajstić information content (AvgIpc) is 3.51. The predicted octanol–water partition coefficient (Wildman–Crippen LogP) is 13.9. The molecule has 0 unspecified atom stereocenters. The molecule has 0 saturated carbocycles. The molecular formula is C53H36N4. The van der Waals surface area contributed by atoms with Gasteiger partial charge in [0.15, 0.2) is 23.2 Å². The Bertz CT molecular complexity index is 2960. The first-order valence-electron chi connectivity index (χ1n) is 19.2. The molecule has 1 aromatic heterocycles. The monoisotopic (exact) mass is 728 g/mol. The first-order valence-corrected chi connectivity index (χ1v) is 19.2. The van der Waals surface area contributed by atoms with Gasteiger partial charge in [-0.2, -0.15) is 0 Å².